The smallest absolute Gasteiger partial charge is 0.267 e. The number of carbonyl (C=O) groups excluding carboxylic acids is 1. The van der Waals surface area contributed by atoms with Gasteiger partial charge in [0.25, 0.3) is 5.91 Å². The molecular formula is C24H23N3O3. The lowest BCUT2D eigenvalue weighted by Gasteiger charge is -2.34. The molecule has 0 radical (unpaired) electrons. The molecule has 0 spiro atoms. The van der Waals surface area contributed by atoms with Gasteiger partial charge in [-0.3, -0.25) is 14.6 Å². The number of ether oxygens (including phenoxy) is 1. The molecule has 5 rings (SSSR count). The molecule has 0 bridgehead atoms. The second-order valence-corrected chi connectivity index (χ2v) is 7.65. The van der Waals surface area contributed by atoms with Crippen molar-refractivity contribution < 1.29 is 14.1 Å². The molecule has 1 aromatic heterocycles. The maximum atomic E-state index is 12.6. The zero-order valence-corrected chi connectivity index (χ0v) is 16.7. The van der Waals surface area contributed by atoms with Crippen LogP contribution in [0.4, 0.5) is 5.82 Å². The summed E-state index contributed by atoms with van der Waals surface area (Å²) in [6.07, 6.45) is 3.59. The number of carbonyl (C=O) groups is 1. The van der Waals surface area contributed by atoms with Gasteiger partial charge in [-0.2, -0.15) is 0 Å². The standard InChI is InChI=1S/C24H23N3O3/c28-22-17-29-20-12-8-13-21-23(20)24(25-30-21)27(22)16-7-6-15-26-14-5-4-11-19(26)18-9-2-1-3-10-18/h1-3,8-10,12-13,19H,4-5,11,14-17H2. The Morgan fingerprint density at radius 3 is 2.80 bits per heavy atom. The van der Waals surface area contributed by atoms with Crippen molar-refractivity contribution in [2.24, 2.45) is 0 Å². The summed E-state index contributed by atoms with van der Waals surface area (Å²) in [6, 6.07) is 16.5. The number of nitrogens with zero attached hydrogens (tertiary/aromatic N) is 3. The van der Waals surface area contributed by atoms with E-state index in [2.05, 4.69) is 52.2 Å². The number of rotatable bonds is 3. The van der Waals surface area contributed by atoms with Crippen LogP contribution in [-0.4, -0.2) is 42.2 Å². The van der Waals surface area contributed by atoms with E-state index >= 15 is 0 Å². The fourth-order valence-corrected chi connectivity index (χ4v) is 4.27. The van der Waals surface area contributed by atoms with Crippen LogP contribution in [0.5, 0.6) is 5.75 Å². The minimum Gasteiger partial charge on any atom is -0.483 e. The van der Waals surface area contributed by atoms with Crippen molar-refractivity contribution in [3.63, 3.8) is 0 Å². The van der Waals surface area contributed by atoms with E-state index in [-0.39, 0.29) is 19.1 Å². The minimum atomic E-state index is -0.171. The predicted molar refractivity (Wildman–Crippen MR) is 114 cm³/mol. The third-order valence-electron chi connectivity index (χ3n) is 5.79. The van der Waals surface area contributed by atoms with Crippen molar-refractivity contribution >= 4 is 22.7 Å². The second-order valence-electron chi connectivity index (χ2n) is 7.65. The highest BCUT2D eigenvalue weighted by Crippen LogP contribution is 2.36. The normalized spacial score (nSPS) is 19.1. The van der Waals surface area contributed by atoms with Crippen LogP contribution < -0.4 is 9.64 Å². The molecule has 6 heteroatoms. The van der Waals surface area contributed by atoms with E-state index < -0.39 is 0 Å². The largest absolute Gasteiger partial charge is 0.483 e. The van der Waals surface area contributed by atoms with Gasteiger partial charge in [0.1, 0.15) is 11.1 Å². The van der Waals surface area contributed by atoms with Gasteiger partial charge in [-0.1, -0.05) is 59.8 Å². The SMILES string of the molecule is O=C1COc2cccc3onc(c23)N1CC#CCN1CCCCC1c1ccccc1. The maximum absolute atomic E-state index is 12.6. The molecule has 2 aromatic carbocycles. The highest BCUT2D eigenvalue weighted by atomic mass is 16.5. The number of hydrogen-bond acceptors (Lipinski definition) is 5. The van der Waals surface area contributed by atoms with E-state index in [0.29, 0.717) is 29.7 Å². The molecular weight excluding hydrogens is 378 g/mol. The van der Waals surface area contributed by atoms with Crippen molar-refractivity contribution in [3.05, 3.63) is 54.1 Å². The predicted octanol–water partition coefficient (Wildman–Crippen LogP) is 3.78. The first-order chi connectivity index (χ1) is 14.8. The molecule has 1 fully saturated rings. The fraction of sp³-hybridized carbons (Fsp3) is 0.333. The van der Waals surface area contributed by atoms with Crippen molar-refractivity contribution in [3.8, 4) is 17.6 Å². The third-order valence-corrected chi connectivity index (χ3v) is 5.79. The van der Waals surface area contributed by atoms with Gasteiger partial charge < -0.3 is 9.26 Å². The fourth-order valence-electron chi connectivity index (χ4n) is 4.27. The summed E-state index contributed by atoms with van der Waals surface area (Å²) in [6.45, 7) is 1.96. The van der Waals surface area contributed by atoms with Crippen LogP contribution in [0.15, 0.2) is 53.1 Å². The van der Waals surface area contributed by atoms with Gasteiger partial charge >= 0.3 is 0 Å². The summed E-state index contributed by atoms with van der Waals surface area (Å²) in [4.78, 5) is 16.6. The van der Waals surface area contributed by atoms with Crippen LogP contribution in [0.1, 0.15) is 30.9 Å². The molecule has 6 nitrogen and oxygen atoms in total. The molecule has 152 valence electrons. The number of hydrogen-bond donors (Lipinski definition) is 0. The first-order valence-corrected chi connectivity index (χ1v) is 10.4. The zero-order chi connectivity index (χ0) is 20.3. The first-order valence-electron chi connectivity index (χ1n) is 10.4. The lowest BCUT2D eigenvalue weighted by atomic mass is 9.95. The number of anilines is 1. The van der Waals surface area contributed by atoms with Gasteiger partial charge in [0.15, 0.2) is 18.0 Å². The Balaban J connectivity index is 1.32. The Morgan fingerprint density at radius 2 is 1.90 bits per heavy atom. The first kappa shape index (κ1) is 18.7. The Bertz CT molecular complexity index is 1110. The molecule has 0 N–H and O–H groups in total. The Kier molecular flexibility index (Phi) is 5.12. The minimum absolute atomic E-state index is 0.0284. The molecule has 3 aromatic rings. The number of likely N-dealkylation sites (tertiary alicyclic amines) is 1. The van der Waals surface area contributed by atoms with E-state index in [1.165, 1.54) is 18.4 Å². The van der Waals surface area contributed by atoms with Gasteiger partial charge in [0.2, 0.25) is 0 Å². The van der Waals surface area contributed by atoms with Crippen LogP contribution in [0.3, 0.4) is 0 Å². The van der Waals surface area contributed by atoms with Crippen LogP contribution in [0.2, 0.25) is 0 Å². The Morgan fingerprint density at radius 1 is 1.03 bits per heavy atom. The highest BCUT2D eigenvalue weighted by molar-refractivity contribution is 6.05. The second kappa shape index (κ2) is 8.21. The molecule has 2 aliphatic rings. The maximum Gasteiger partial charge on any atom is 0.267 e. The van der Waals surface area contributed by atoms with Crippen LogP contribution in [0.25, 0.3) is 11.0 Å². The molecule has 0 aliphatic carbocycles. The van der Waals surface area contributed by atoms with Gasteiger partial charge in [-0.25, -0.2) is 0 Å². The van der Waals surface area contributed by atoms with Gasteiger partial charge in [0.05, 0.1) is 13.1 Å². The molecule has 1 atom stereocenters. The molecule has 1 saturated heterocycles. The molecule has 2 aliphatic heterocycles. The summed E-state index contributed by atoms with van der Waals surface area (Å²) >= 11 is 0. The van der Waals surface area contributed by atoms with Crippen LogP contribution >= 0.6 is 0 Å². The van der Waals surface area contributed by atoms with E-state index in [9.17, 15) is 4.79 Å². The summed E-state index contributed by atoms with van der Waals surface area (Å²) in [7, 11) is 0. The summed E-state index contributed by atoms with van der Waals surface area (Å²) in [5.41, 5.74) is 1.95. The lowest BCUT2D eigenvalue weighted by Crippen LogP contribution is -2.35. The molecule has 30 heavy (non-hydrogen) atoms. The van der Waals surface area contributed by atoms with E-state index in [4.69, 9.17) is 9.26 Å². The Labute approximate surface area is 175 Å². The number of benzene rings is 2. The molecule has 3 heterocycles. The summed E-state index contributed by atoms with van der Waals surface area (Å²) in [5.74, 6) is 7.38. The van der Waals surface area contributed by atoms with Crippen molar-refractivity contribution in [2.75, 3.05) is 31.1 Å². The van der Waals surface area contributed by atoms with Gasteiger partial charge in [-0.05, 0) is 37.1 Å². The van der Waals surface area contributed by atoms with Crippen molar-refractivity contribution in [1.82, 2.24) is 10.1 Å². The lowest BCUT2D eigenvalue weighted by molar-refractivity contribution is -0.120. The van der Waals surface area contributed by atoms with Gasteiger partial charge in [0, 0.05) is 6.04 Å². The molecule has 1 unspecified atom stereocenters. The summed E-state index contributed by atoms with van der Waals surface area (Å²) in [5, 5.41) is 4.84. The third kappa shape index (κ3) is 3.53. The van der Waals surface area contributed by atoms with Crippen LogP contribution in [-0.2, 0) is 4.79 Å². The topological polar surface area (TPSA) is 58.8 Å². The van der Waals surface area contributed by atoms with E-state index in [0.717, 1.165) is 18.4 Å². The number of amides is 1. The number of aromatic nitrogens is 1. The van der Waals surface area contributed by atoms with Crippen LogP contribution in [0, 0.1) is 11.8 Å². The van der Waals surface area contributed by atoms with E-state index in [1.807, 2.05) is 18.2 Å². The van der Waals surface area contributed by atoms with E-state index in [1.54, 1.807) is 4.90 Å². The Hall–Kier alpha value is -3.30. The van der Waals surface area contributed by atoms with Crippen molar-refractivity contribution in [1.29, 1.82) is 0 Å². The average Bonchev–Trinajstić information content (AvgIpc) is 3.17. The summed E-state index contributed by atoms with van der Waals surface area (Å²) < 4.78 is 11.0. The molecule has 0 saturated carbocycles. The quantitative estimate of drug-likeness (QED) is 0.625. The average molecular weight is 401 g/mol. The molecule has 1 amide bonds. The van der Waals surface area contributed by atoms with Gasteiger partial charge in [-0.15, -0.1) is 0 Å². The highest BCUT2D eigenvalue weighted by Gasteiger charge is 2.28. The monoisotopic (exact) mass is 401 g/mol. The number of piperidine rings is 1. The van der Waals surface area contributed by atoms with Crippen molar-refractivity contribution in [2.45, 2.75) is 25.3 Å². The zero-order valence-electron chi connectivity index (χ0n) is 16.7.